The van der Waals surface area contributed by atoms with Gasteiger partial charge in [0.25, 0.3) is 0 Å². The van der Waals surface area contributed by atoms with E-state index in [0.29, 0.717) is 5.69 Å². The van der Waals surface area contributed by atoms with Crippen molar-refractivity contribution in [1.29, 1.82) is 0 Å². The molecule has 0 unspecified atom stereocenters. The highest BCUT2D eigenvalue weighted by Crippen LogP contribution is 2.35. The van der Waals surface area contributed by atoms with Gasteiger partial charge >= 0.3 is 12.2 Å². The molecule has 2 aromatic carbocycles. The average molecular weight is 401 g/mol. The van der Waals surface area contributed by atoms with Crippen molar-refractivity contribution in [3.63, 3.8) is 0 Å². The van der Waals surface area contributed by atoms with Gasteiger partial charge in [0.05, 0.1) is 0 Å². The fraction of sp³-hybridized carbons (Fsp3) is 0.273. The lowest BCUT2D eigenvalue weighted by Crippen LogP contribution is -2.12. The second kappa shape index (κ2) is 9.41. The van der Waals surface area contributed by atoms with E-state index in [1.54, 1.807) is 12.1 Å². The summed E-state index contributed by atoms with van der Waals surface area (Å²) < 4.78 is 45.6. The van der Waals surface area contributed by atoms with Crippen LogP contribution in [0.3, 0.4) is 0 Å². The Kier molecular flexibility index (Phi) is 6.69. The summed E-state index contributed by atoms with van der Waals surface area (Å²) in [7, 11) is 0. The van der Waals surface area contributed by atoms with Crippen LogP contribution in [-0.2, 0) is 19.2 Å². The number of unbranched alkanes of at least 4 members (excludes halogenated alkanes) is 1. The topological polar surface area (TPSA) is 47.0 Å². The third kappa shape index (κ3) is 5.94. The third-order valence-electron chi connectivity index (χ3n) is 4.32. The van der Waals surface area contributed by atoms with E-state index < -0.39 is 11.7 Å². The molecule has 0 saturated heterocycles. The van der Waals surface area contributed by atoms with Crippen LogP contribution >= 0.6 is 0 Å². The molecular formula is C22H22F3N3O. The molecule has 29 heavy (non-hydrogen) atoms. The molecule has 0 aliphatic heterocycles. The van der Waals surface area contributed by atoms with Gasteiger partial charge in [-0.2, -0.15) is 18.2 Å². The van der Waals surface area contributed by atoms with Gasteiger partial charge in [-0.05, 0) is 36.1 Å². The SMILES string of the molecule is CCCCc1ccc(Nc2nc(OCc3ccccc3)ncc2C(F)(F)F)cc1. The minimum Gasteiger partial charge on any atom is -0.459 e. The van der Waals surface area contributed by atoms with E-state index in [1.807, 2.05) is 42.5 Å². The largest absolute Gasteiger partial charge is 0.459 e. The highest BCUT2D eigenvalue weighted by Gasteiger charge is 2.35. The molecule has 0 fully saturated rings. The number of ether oxygens (including phenoxy) is 1. The molecule has 0 aliphatic carbocycles. The normalized spacial score (nSPS) is 11.3. The van der Waals surface area contributed by atoms with Crippen molar-refractivity contribution in [2.75, 3.05) is 5.32 Å². The molecule has 0 bridgehead atoms. The molecule has 152 valence electrons. The fourth-order valence-corrected chi connectivity index (χ4v) is 2.73. The van der Waals surface area contributed by atoms with Crippen LogP contribution in [0.2, 0.25) is 0 Å². The Labute approximate surface area is 167 Å². The number of aryl methyl sites for hydroxylation is 1. The van der Waals surface area contributed by atoms with Gasteiger partial charge in [-0.1, -0.05) is 55.8 Å². The van der Waals surface area contributed by atoms with Gasteiger partial charge in [-0.25, -0.2) is 4.98 Å². The maximum Gasteiger partial charge on any atom is 0.421 e. The number of nitrogens with one attached hydrogen (secondary N) is 1. The molecule has 0 radical (unpaired) electrons. The first kappa shape index (κ1) is 20.6. The van der Waals surface area contributed by atoms with Gasteiger partial charge in [0.1, 0.15) is 18.0 Å². The standard InChI is InChI=1S/C22H22F3N3O/c1-2-3-7-16-10-12-18(13-11-16)27-20-19(22(23,24)25)14-26-21(28-20)29-15-17-8-5-4-6-9-17/h4-6,8-14H,2-3,7,15H2,1H3,(H,26,27,28). The molecule has 1 heterocycles. The lowest BCUT2D eigenvalue weighted by Gasteiger charge is -2.15. The van der Waals surface area contributed by atoms with E-state index in [-0.39, 0.29) is 18.4 Å². The zero-order valence-corrected chi connectivity index (χ0v) is 16.0. The quantitative estimate of drug-likeness (QED) is 0.491. The molecule has 0 aliphatic rings. The molecule has 3 aromatic rings. The maximum atomic E-state index is 13.4. The lowest BCUT2D eigenvalue weighted by molar-refractivity contribution is -0.137. The molecule has 3 rings (SSSR count). The van der Waals surface area contributed by atoms with Crippen LogP contribution in [0.4, 0.5) is 24.7 Å². The van der Waals surface area contributed by atoms with Gasteiger partial charge in [0, 0.05) is 11.9 Å². The Morgan fingerprint density at radius 3 is 2.34 bits per heavy atom. The number of anilines is 2. The number of halogens is 3. The van der Waals surface area contributed by atoms with Crippen LogP contribution in [0.5, 0.6) is 6.01 Å². The minimum atomic E-state index is -4.58. The molecule has 1 aromatic heterocycles. The minimum absolute atomic E-state index is 0.121. The molecular weight excluding hydrogens is 379 g/mol. The number of alkyl halides is 3. The van der Waals surface area contributed by atoms with Crippen molar-refractivity contribution in [2.24, 2.45) is 0 Å². The lowest BCUT2D eigenvalue weighted by atomic mass is 10.1. The Bertz CT molecular complexity index is 913. The molecule has 0 amide bonds. The summed E-state index contributed by atoms with van der Waals surface area (Å²) in [6.07, 6.45) is -0.747. The number of hydrogen-bond donors (Lipinski definition) is 1. The first-order valence-electron chi connectivity index (χ1n) is 9.42. The van der Waals surface area contributed by atoms with Gasteiger partial charge in [0.15, 0.2) is 0 Å². The molecule has 7 heteroatoms. The van der Waals surface area contributed by atoms with Crippen LogP contribution in [0, 0.1) is 0 Å². The first-order valence-corrected chi connectivity index (χ1v) is 9.42. The van der Waals surface area contributed by atoms with Crippen molar-refractivity contribution in [3.05, 3.63) is 77.5 Å². The van der Waals surface area contributed by atoms with Crippen molar-refractivity contribution >= 4 is 11.5 Å². The predicted molar refractivity (Wildman–Crippen MR) is 106 cm³/mol. The molecule has 0 saturated carbocycles. The number of rotatable bonds is 8. The summed E-state index contributed by atoms with van der Waals surface area (Å²) in [5.41, 5.74) is 1.58. The van der Waals surface area contributed by atoms with Crippen molar-refractivity contribution in [2.45, 2.75) is 39.0 Å². The Hall–Kier alpha value is -3.09. The highest BCUT2D eigenvalue weighted by molar-refractivity contribution is 5.60. The van der Waals surface area contributed by atoms with Gasteiger partial charge in [-0.15, -0.1) is 0 Å². The number of nitrogens with zero attached hydrogens (tertiary/aromatic N) is 2. The van der Waals surface area contributed by atoms with E-state index in [4.69, 9.17) is 4.74 Å². The smallest absolute Gasteiger partial charge is 0.421 e. The summed E-state index contributed by atoms with van der Waals surface area (Å²) in [6.45, 7) is 2.28. The predicted octanol–water partition coefficient (Wildman–Crippen LogP) is 6.16. The number of benzene rings is 2. The average Bonchev–Trinajstić information content (AvgIpc) is 2.72. The van der Waals surface area contributed by atoms with Crippen molar-refractivity contribution in [1.82, 2.24) is 9.97 Å². The van der Waals surface area contributed by atoms with E-state index in [2.05, 4.69) is 22.2 Å². The summed E-state index contributed by atoms with van der Waals surface area (Å²) in [5, 5.41) is 2.75. The second-order valence-electron chi connectivity index (χ2n) is 6.61. The Morgan fingerprint density at radius 1 is 0.966 bits per heavy atom. The second-order valence-corrected chi connectivity index (χ2v) is 6.61. The van der Waals surface area contributed by atoms with Gasteiger partial charge in [0.2, 0.25) is 0 Å². The zero-order valence-electron chi connectivity index (χ0n) is 16.0. The van der Waals surface area contributed by atoms with Crippen LogP contribution < -0.4 is 10.1 Å². The first-order chi connectivity index (χ1) is 14.0. The Balaban J connectivity index is 1.78. The monoisotopic (exact) mass is 401 g/mol. The van der Waals surface area contributed by atoms with E-state index >= 15 is 0 Å². The van der Waals surface area contributed by atoms with Gasteiger partial charge < -0.3 is 10.1 Å². The third-order valence-corrected chi connectivity index (χ3v) is 4.32. The van der Waals surface area contributed by atoms with Crippen molar-refractivity contribution in [3.8, 4) is 6.01 Å². The van der Waals surface area contributed by atoms with E-state index in [1.165, 1.54) is 0 Å². The molecule has 0 spiro atoms. The van der Waals surface area contributed by atoms with Crippen LogP contribution in [-0.4, -0.2) is 9.97 Å². The van der Waals surface area contributed by atoms with Gasteiger partial charge in [-0.3, -0.25) is 0 Å². The van der Waals surface area contributed by atoms with Crippen molar-refractivity contribution < 1.29 is 17.9 Å². The molecule has 4 nitrogen and oxygen atoms in total. The maximum absolute atomic E-state index is 13.4. The van der Waals surface area contributed by atoms with Crippen LogP contribution in [0.1, 0.15) is 36.5 Å². The Morgan fingerprint density at radius 2 is 1.69 bits per heavy atom. The summed E-state index contributed by atoms with van der Waals surface area (Å²) >= 11 is 0. The molecule has 0 atom stereocenters. The summed E-state index contributed by atoms with van der Waals surface area (Å²) in [6, 6.07) is 16.4. The highest BCUT2D eigenvalue weighted by atomic mass is 19.4. The zero-order chi connectivity index (χ0) is 20.7. The summed E-state index contributed by atoms with van der Waals surface area (Å²) in [4.78, 5) is 7.67. The van der Waals surface area contributed by atoms with Crippen LogP contribution in [0.25, 0.3) is 0 Å². The fourth-order valence-electron chi connectivity index (χ4n) is 2.73. The number of aromatic nitrogens is 2. The number of hydrogen-bond acceptors (Lipinski definition) is 4. The molecule has 1 N–H and O–H groups in total. The van der Waals surface area contributed by atoms with E-state index in [9.17, 15) is 13.2 Å². The van der Waals surface area contributed by atoms with Crippen LogP contribution in [0.15, 0.2) is 60.8 Å². The van der Waals surface area contributed by atoms with E-state index in [0.717, 1.165) is 36.6 Å². The summed E-state index contributed by atoms with van der Waals surface area (Å²) in [5.74, 6) is -0.336.